The number of hydrogen-bond acceptors (Lipinski definition) is 4. The van der Waals surface area contributed by atoms with Crippen LogP contribution in [0.1, 0.15) is 96.7 Å². The van der Waals surface area contributed by atoms with Gasteiger partial charge in [0.15, 0.2) is 11.9 Å². The van der Waals surface area contributed by atoms with Crippen molar-refractivity contribution in [2.24, 2.45) is 0 Å². The molecule has 0 amide bonds. The largest absolute Gasteiger partial charge is 0.329 e. The third-order valence-corrected chi connectivity index (χ3v) is 4.23. The van der Waals surface area contributed by atoms with Crippen molar-refractivity contribution in [2.45, 2.75) is 90.4 Å². The molecule has 0 saturated carbocycles. The molecule has 0 bridgehead atoms. The van der Waals surface area contributed by atoms with Gasteiger partial charge in [0, 0.05) is 5.41 Å². The van der Waals surface area contributed by atoms with Gasteiger partial charge in [-0.05, 0) is 12.8 Å². The number of nitriles is 1. The standard InChI is InChI=1S/C17H29N3O/c1-4-6-8-9-11-13-17(3,12-10-7-5-2)16-19-15(14-18)21-20-16/h4-13H2,1-3H3. The molecule has 0 aromatic carbocycles. The molecule has 1 atom stereocenters. The maximum absolute atomic E-state index is 8.86. The third-order valence-electron chi connectivity index (χ3n) is 4.23. The summed E-state index contributed by atoms with van der Waals surface area (Å²) in [4.78, 5) is 4.26. The highest BCUT2D eigenvalue weighted by atomic mass is 16.5. The highest BCUT2D eigenvalue weighted by Crippen LogP contribution is 2.33. The molecule has 0 aliphatic rings. The number of aromatic nitrogens is 2. The molecule has 0 spiro atoms. The van der Waals surface area contributed by atoms with Crippen LogP contribution in [0.15, 0.2) is 4.52 Å². The molecule has 1 aromatic heterocycles. The summed E-state index contributed by atoms with van der Waals surface area (Å²) in [5.74, 6) is 0.795. The molecule has 0 aliphatic heterocycles. The van der Waals surface area contributed by atoms with Crippen LogP contribution in [0.5, 0.6) is 0 Å². The molecule has 0 saturated heterocycles. The smallest absolute Gasteiger partial charge is 0.323 e. The number of unbranched alkanes of at least 4 members (excludes halogenated alkanes) is 6. The zero-order chi connectivity index (χ0) is 15.6. The van der Waals surface area contributed by atoms with Gasteiger partial charge in [0.25, 0.3) is 0 Å². The van der Waals surface area contributed by atoms with Crippen LogP contribution in [-0.2, 0) is 5.41 Å². The van der Waals surface area contributed by atoms with E-state index in [1.807, 2.05) is 6.07 Å². The third kappa shape index (κ3) is 5.87. The highest BCUT2D eigenvalue weighted by molar-refractivity contribution is 5.11. The Bertz CT molecular complexity index is 435. The van der Waals surface area contributed by atoms with E-state index in [0.717, 1.165) is 12.8 Å². The van der Waals surface area contributed by atoms with E-state index in [4.69, 9.17) is 9.78 Å². The van der Waals surface area contributed by atoms with Crippen LogP contribution in [0.25, 0.3) is 0 Å². The first kappa shape index (κ1) is 17.7. The van der Waals surface area contributed by atoms with Crippen molar-refractivity contribution in [3.63, 3.8) is 0 Å². The average Bonchev–Trinajstić information content (AvgIpc) is 2.97. The minimum atomic E-state index is -0.0556. The zero-order valence-electron chi connectivity index (χ0n) is 13.8. The summed E-state index contributed by atoms with van der Waals surface area (Å²) >= 11 is 0. The van der Waals surface area contributed by atoms with Gasteiger partial charge in [-0.2, -0.15) is 10.2 Å². The monoisotopic (exact) mass is 291 g/mol. The van der Waals surface area contributed by atoms with Crippen molar-refractivity contribution < 1.29 is 4.52 Å². The fourth-order valence-corrected chi connectivity index (χ4v) is 2.75. The van der Waals surface area contributed by atoms with E-state index in [9.17, 15) is 0 Å². The Morgan fingerprint density at radius 2 is 1.57 bits per heavy atom. The molecular formula is C17H29N3O. The van der Waals surface area contributed by atoms with Crippen molar-refractivity contribution in [3.8, 4) is 6.07 Å². The van der Waals surface area contributed by atoms with E-state index in [2.05, 4.69) is 30.9 Å². The van der Waals surface area contributed by atoms with Gasteiger partial charge in [-0.25, -0.2) is 0 Å². The van der Waals surface area contributed by atoms with Crippen molar-refractivity contribution in [1.82, 2.24) is 10.1 Å². The minimum absolute atomic E-state index is 0.0556. The van der Waals surface area contributed by atoms with Crippen molar-refractivity contribution in [1.29, 1.82) is 5.26 Å². The molecule has 4 nitrogen and oxygen atoms in total. The first-order valence-electron chi connectivity index (χ1n) is 8.40. The molecule has 1 unspecified atom stereocenters. The van der Waals surface area contributed by atoms with E-state index in [0.29, 0.717) is 5.82 Å². The van der Waals surface area contributed by atoms with Gasteiger partial charge in [0.1, 0.15) is 0 Å². The molecule has 118 valence electrons. The van der Waals surface area contributed by atoms with Crippen LogP contribution >= 0.6 is 0 Å². The van der Waals surface area contributed by atoms with Crippen LogP contribution in [0.2, 0.25) is 0 Å². The molecule has 0 aliphatic carbocycles. The minimum Gasteiger partial charge on any atom is -0.323 e. The Hall–Kier alpha value is -1.37. The Morgan fingerprint density at radius 3 is 2.14 bits per heavy atom. The lowest BCUT2D eigenvalue weighted by Gasteiger charge is -2.26. The second-order valence-corrected chi connectivity index (χ2v) is 6.22. The van der Waals surface area contributed by atoms with Gasteiger partial charge >= 0.3 is 5.89 Å². The van der Waals surface area contributed by atoms with Gasteiger partial charge in [-0.15, -0.1) is 0 Å². The summed E-state index contributed by atoms with van der Waals surface area (Å²) in [5, 5.41) is 12.9. The molecule has 1 rings (SSSR count). The van der Waals surface area contributed by atoms with Gasteiger partial charge in [0.05, 0.1) is 0 Å². The Balaban J connectivity index is 2.63. The summed E-state index contributed by atoms with van der Waals surface area (Å²) in [7, 11) is 0. The van der Waals surface area contributed by atoms with Crippen molar-refractivity contribution in [3.05, 3.63) is 11.7 Å². The van der Waals surface area contributed by atoms with Gasteiger partial charge in [0.2, 0.25) is 0 Å². The number of rotatable bonds is 11. The van der Waals surface area contributed by atoms with E-state index >= 15 is 0 Å². The van der Waals surface area contributed by atoms with Gasteiger partial charge in [-0.3, -0.25) is 0 Å². The molecule has 1 aromatic rings. The van der Waals surface area contributed by atoms with E-state index in [-0.39, 0.29) is 11.3 Å². The van der Waals surface area contributed by atoms with Crippen LogP contribution < -0.4 is 0 Å². The zero-order valence-corrected chi connectivity index (χ0v) is 13.8. The summed E-state index contributed by atoms with van der Waals surface area (Å²) in [5.41, 5.74) is -0.0556. The fraction of sp³-hybridized carbons (Fsp3) is 0.824. The lowest BCUT2D eigenvalue weighted by atomic mass is 9.79. The Labute approximate surface area is 128 Å². The maximum atomic E-state index is 8.86. The van der Waals surface area contributed by atoms with Crippen molar-refractivity contribution in [2.75, 3.05) is 0 Å². The molecule has 0 fully saturated rings. The predicted molar refractivity (Wildman–Crippen MR) is 83.9 cm³/mol. The topological polar surface area (TPSA) is 62.7 Å². The van der Waals surface area contributed by atoms with Crippen LogP contribution in [0.4, 0.5) is 0 Å². The molecule has 0 N–H and O–H groups in total. The molecule has 4 heteroatoms. The van der Waals surface area contributed by atoms with Gasteiger partial charge < -0.3 is 4.52 Å². The van der Waals surface area contributed by atoms with Gasteiger partial charge in [-0.1, -0.05) is 77.3 Å². The molecule has 0 radical (unpaired) electrons. The van der Waals surface area contributed by atoms with Crippen LogP contribution in [-0.4, -0.2) is 10.1 Å². The van der Waals surface area contributed by atoms with Crippen LogP contribution in [0, 0.1) is 11.3 Å². The quantitative estimate of drug-likeness (QED) is 0.529. The lowest BCUT2D eigenvalue weighted by molar-refractivity contribution is 0.322. The fourth-order valence-electron chi connectivity index (χ4n) is 2.75. The molecular weight excluding hydrogens is 262 g/mol. The first-order chi connectivity index (χ1) is 10.2. The second-order valence-electron chi connectivity index (χ2n) is 6.22. The molecule has 1 heterocycles. The SMILES string of the molecule is CCCCCCCC(C)(CCCCC)c1noc(C#N)n1. The Kier molecular flexibility index (Phi) is 8.04. The maximum Gasteiger partial charge on any atom is 0.329 e. The Morgan fingerprint density at radius 1 is 1.00 bits per heavy atom. The number of hydrogen-bond donors (Lipinski definition) is 0. The van der Waals surface area contributed by atoms with E-state index < -0.39 is 0 Å². The molecule has 21 heavy (non-hydrogen) atoms. The van der Waals surface area contributed by atoms with Crippen LogP contribution in [0.3, 0.4) is 0 Å². The first-order valence-corrected chi connectivity index (χ1v) is 8.40. The highest BCUT2D eigenvalue weighted by Gasteiger charge is 2.31. The summed E-state index contributed by atoms with van der Waals surface area (Å²) in [6, 6.07) is 1.93. The second kappa shape index (κ2) is 9.55. The predicted octanol–water partition coefficient (Wildman–Crippen LogP) is 5.14. The average molecular weight is 291 g/mol. The summed E-state index contributed by atoms with van der Waals surface area (Å²) < 4.78 is 4.99. The normalized spacial score (nSPS) is 13.8. The summed E-state index contributed by atoms with van der Waals surface area (Å²) in [6.45, 7) is 6.66. The number of nitrogens with zero attached hydrogens (tertiary/aromatic N) is 3. The summed E-state index contributed by atoms with van der Waals surface area (Å²) in [6.07, 6.45) is 12.1. The van der Waals surface area contributed by atoms with Crippen molar-refractivity contribution >= 4 is 0 Å². The van der Waals surface area contributed by atoms with E-state index in [1.54, 1.807) is 0 Å². The lowest BCUT2D eigenvalue weighted by Crippen LogP contribution is -2.24. The van der Waals surface area contributed by atoms with E-state index in [1.165, 1.54) is 51.4 Å².